The zero-order valence-corrected chi connectivity index (χ0v) is 10.9. The summed E-state index contributed by atoms with van der Waals surface area (Å²) >= 11 is 0. The molecule has 1 aromatic heterocycles. The first kappa shape index (κ1) is 12.8. The molecule has 1 aromatic rings. The largest absolute Gasteiger partial charge is 0.376 e. The summed E-state index contributed by atoms with van der Waals surface area (Å²) in [7, 11) is 3.93. The van der Waals surface area contributed by atoms with Crippen molar-refractivity contribution in [2.75, 3.05) is 37.4 Å². The second kappa shape index (κ2) is 5.82. The van der Waals surface area contributed by atoms with Crippen molar-refractivity contribution in [1.29, 1.82) is 0 Å². The van der Waals surface area contributed by atoms with Crippen LogP contribution in [-0.4, -0.2) is 38.1 Å². The van der Waals surface area contributed by atoms with Gasteiger partial charge in [-0.05, 0) is 38.1 Å². The van der Waals surface area contributed by atoms with Gasteiger partial charge in [0.2, 0.25) is 5.91 Å². The van der Waals surface area contributed by atoms with Crippen molar-refractivity contribution in [1.82, 2.24) is 10.3 Å². The highest BCUT2D eigenvalue weighted by molar-refractivity contribution is 5.91. The van der Waals surface area contributed by atoms with Crippen molar-refractivity contribution in [2.45, 2.75) is 12.8 Å². The number of piperidine rings is 1. The lowest BCUT2D eigenvalue weighted by atomic mass is 9.97. The van der Waals surface area contributed by atoms with E-state index in [0.29, 0.717) is 5.82 Å². The van der Waals surface area contributed by atoms with E-state index in [1.165, 1.54) is 0 Å². The smallest absolute Gasteiger partial charge is 0.228 e. The fraction of sp³-hybridized carbons (Fsp3) is 0.538. The van der Waals surface area contributed by atoms with Crippen LogP contribution in [0.3, 0.4) is 0 Å². The highest BCUT2D eigenvalue weighted by atomic mass is 16.1. The molecule has 0 spiro atoms. The third-order valence-electron chi connectivity index (χ3n) is 3.23. The second-order valence-electron chi connectivity index (χ2n) is 4.81. The fourth-order valence-electron chi connectivity index (χ4n) is 2.04. The number of rotatable bonds is 3. The Morgan fingerprint density at radius 1 is 1.39 bits per heavy atom. The summed E-state index contributed by atoms with van der Waals surface area (Å²) < 4.78 is 0. The molecule has 5 nitrogen and oxygen atoms in total. The number of hydrogen-bond acceptors (Lipinski definition) is 4. The van der Waals surface area contributed by atoms with E-state index in [9.17, 15) is 4.79 Å². The minimum absolute atomic E-state index is 0.0848. The molecule has 1 aliphatic heterocycles. The van der Waals surface area contributed by atoms with Crippen molar-refractivity contribution in [3.8, 4) is 0 Å². The molecule has 1 fully saturated rings. The van der Waals surface area contributed by atoms with E-state index in [1.807, 2.05) is 31.1 Å². The SMILES string of the molecule is CN(C)c1ccc(NC(=O)C2CCNCC2)nc1. The summed E-state index contributed by atoms with van der Waals surface area (Å²) in [5.41, 5.74) is 1.02. The molecule has 5 heteroatoms. The number of hydrogen-bond donors (Lipinski definition) is 2. The van der Waals surface area contributed by atoms with E-state index in [2.05, 4.69) is 15.6 Å². The zero-order valence-electron chi connectivity index (χ0n) is 10.9. The second-order valence-corrected chi connectivity index (χ2v) is 4.81. The molecule has 0 bridgehead atoms. The highest BCUT2D eigenvalue weighted by Gasteiger charge is 2.20. The van der Waals surface area contributed by atoms with E-state index in [0.717, 1.165) is 31.6 Å². The summed E-state index contributed by atoms with van der Waals surface area (Å²) in [4.78, 5) is 18.2. The fourth-order valence-corrected chi connectivity index (χ4v) is 2.04. The Hall–Kier alpha value is -1.62. The van der Waals surface area contributed by atoms with E-state index >= 15 is 0 Å². The maximum atomic E-state index is 12.0. The van der Waals surface area contributed by atoms with Crippen LogP contribution in [0, 0.1) is 5.92 Å². The summed E-state index contributed by atoms with van der Waals surface area (Å²) in [6.07, 6.45) is 3.57. The van der Waals surface area contributed by atoms with Crippen LogP contribution in [0.1, 0.15) is 12.8 Å². The molecular formula is C13H20N4O. The first-order valence-corrected chi connectivity index (χ1v) is 6.32. The van der Waals surface area contributed by atoms with Crippen molar-refractivity contribution >= 4 is 17.4 Å². The molecule has 0 saturated carbocycles. The van der Waals surface area contributed by atoms with Gasteiger partial charge in [0.25, 0.3) is 0 Å². The Kier molecular flexibility index (Phi) is 4.15. The van der Waals surface area contributed by atoms with Crippen LogP contribution < -0.4 is 15.5 Å². The third kappa shape index (κ3) is 3.20. The van der Waals surface area contributed by atoms with Gasteiger partial charge in [-0.1, -0.05) is 0 Å². The first-order chi connectivity index (χ1) is 8.66. The van der Waals surface area contributed by atoms with E-state index < -0.39 is 0 Å². The standard InChI is InChI=1S/C13H20N4O/c1-17(2)11-3-4-12(15-9-11)16-13(18)10-5-7-14-8-6-10/h3-4,9-10,14H,5-8H2,1-2H3,(H,15,16,18). The Morgan fingerprint density at radius 2 is 2.11 bits per heavy atom. The van der Waals surface area contributed by atoms with Gasteiger partial charge in [-0.3, -0.25) is 4.79 Å². The predicted octanol–water partition coefficient (Wildman–Crippen LogP) is 1.09. The van der Waals surface area contributed by atoms with Gasteiger partial charge in [-0.25, -0.2) is 4.98 Å². The molecule has 2 heterocycles. The maximum Gasteiger partial charge on any atom is 0.228 e. The molecule has 0 atom stereocenters. The van der Waals surface area contributed by atoms with E-state index in [4.69, 9.17) is 0 Å². The summed E-state index contributed by atoms with van der Waals surface area (Å²) in [5, 5.41) is 6.13. The van der Waals surface area contributed by atoms with Crippen LogP contribution in [0.4, 0.5) is 11.5 Å². The van der Waals surface area contributed by atoms with Gasteiger partial charge in [0.15, 0.2) is 0 Å². The average Bonchev–Trinajstić information content (AvgIpc) is 2.40. The molecule has 2 N–H and O–H groups in total. The molecule has 0 unspecified atom stereocenters. The Morgan fingerprint density at radius 3 is 2.67 bits per heavy atom. The maximum absolute atomic E-state index is 12.0. The van der Waals surface area contributed by atoms with Crippen molar-refractivity contribution in [3.63, 3.8) is 0 Å². The number of pyridine rings is 1. The van der Waals surface area contributed by atoms with Gasteiger partial charge in [0.1, 0.15) is 5.82 Å². The Labute approximate surface area is 108 Å². The lowest BCUT2D eigenvalue weighted by molar-refractivity contribution is -0.120. The van der Waals surface area contributed by atoms with Crippen LogP contribution in [0.25, 0.3) is 0 Å². The molecule has 0 aromatic carbocycles. The lowest BCUT2D eigenvalue weighted by Crippen LogP contribution is -2.34. The number of aromatic nitrogens is 1. The predicted molar refractivity (Wildman–Crippen MR) is 72.8 cm³/mol. The Balaban J connectivity index is 1.94. The van der Waals surface area contributed by atoms with Crippen molar-refractivity contribution in [3.05, 3.63) is 18.3 Å². The normalized spacial score (nSPS) is 16.3. The Bertz CT molecular complexity index is 396. The minimum Gasteiger partial charge on any atom is -0.376 e. The van der Waals surface area contributed by atoms with Gasteiger partial charge in [-0.15, -0.1) is 0 Å². The zero-order chi connectivity index (χ0) is 13.0. The molecule has 1 saturated heterocycles. The number of carbonyl (C=O) groups excluding carboxylic acids is 1. The number of carbonyl (C=O) groups is 1. The van der Waals surface area contributed by atoms with Gasteiger partial charge < -0.3 is 15.5 Å². The number of nitrogens with one attached hydrogen (secondary N) is 2. The van der Waals surface area contributed by atoms with Gasteiger partial charge in [0, 0.05) is 20.0 Å². The average molecular weight is 248 g/mol. The molecule has 0 radical (unpaired) electrons. The molecule has 98 valence electrons. The molecular weight excluding hydrogens is 228 g/mol. The molecule has 1 amide bonds. The molecule has 0 aliphatic carbocycles. The topological polar surface area (TPSA) is 57.3 Å². The van der Waals surface area contributed by atoms with Gasteiger partial charge in [0.05, 0.1) is 11.9 Å². The number of nitrogens with zero attached hydrogens (tertiary/aromatic N) is 2. The minimum atomic E-state index is 0.0848. The van der Waals surface area contributed by atoms with Crippen LogP contribution >= 0.6 is 0 Å². The van der Waals surface area contributed by atoms with Crippen LogP contribution in [0.15, 0.2) is 18.3 Å². The third-order valence-corrected chi connectivity index (χ3v) is 3.23. The van der Waals surface area contributed by atoms with Crippen LogP contribution in [-0.2, 0) is 4.79 Å². The van der Waals surface area contributed by atoms with E-state index in [-0.39, 0.29) is 11.8 Å². The van der Waals surface area contributed by atoms with Gasteiger partial charge in [-0.2, -0.15) is 0 Å². The van der Waals surface area contributed by atoms with Crippen molar-refractivity contribution < 1.29 is 4.79 Å². The summed E-state index contributed by atoms with van der Waals surface area (Å²) in [5.74, 6) is 0.826. The van der Waals surface area contributed by atoms with Crippen LogP contribution in [0.5, 0.6) is 0 Å². The summed E-state index contributed by atoms with van der Waals surface area (Å²) in [6.45, 7) is 1.84. The monoisotopic (exact) mass is 248 g/mol. The first-order valence-electron chi connectivity index (χ1n) is 6.32. The lowest BCUT2D eigenvalue weighted by Gasteiger charge is -2.21. The molecule has 1 aliphatic rings. The van der Waals surface area contributed by atoms with Crippen LogP contribution in [0.2, 0.25) is 0 Å². The van der Waals surface area contributed by atoms with Crippen molar-refractivity contribution in [2.24, 2.45) is 5.92 Å². The van der Waals surface area contributed by atoms with Gasteiger partial charge >= 0.3 is 0 Å². The molecule has 18 heavy (non-hydrogen) atoms. The number of amides is 1. The highest BCUT2D eigenvalue weighted by Crippen LogP contribution is 2.16. The summed E-state index contributed by atoms with van der Waals surface area (Å²) in [6, 6.07) is 3.79. The quantitative estimate of drug-likeness (QED) is 0.840. The van der Waals surface area contributed by atoms with E-state index in [1.54, 1.807) is 6.20 Å². The number of anilines is 2. The molecule has 2 rings (SSSR count).